The number of rotatable bonds is 8. The van der Waals surface area contributed by atoms with Crippen molar-refractivity contribution >= 4 is 17.5 Å². The summed E-state index contributed by atoms with van der Waals surface area (Å²) in [5.74, 6) is 0.864. The van der Waals surface area contributed by atoms with Crippen LogP contribution in [-0.4, -0.2) is 29.8 Å². The molecule has 2 amide bonds. The van der Waals surface area contributed by atoms with E-state index in [2.05, 4.69) is 43.4 Å². The summed E-state index contributed by atoms with van der Waals surface area (Å²) in [6, 6.07) is 15.8. The number of piperidine rings is 1. The maximum absolute atomic E-state index is 13.0. The van der Waals surface area contributed by atoms with E-state index in [9.17, 15) is 9.59 Å². The summed E-state index contributed by atoms with van der Waals surface area (Å²) < 4.78 is 0. The van der Waals surface area contributed by atoms with E-state index in [1.807, 2.05) is 23.1 Å². The third-order valence-electron chi connectivity index (χ3n) is 6.15. The molecule has 1 aliphatic rings. The molecule has 0 saturated carbocycles. The van der Waals surface area contributed by atoms with Crippen molar-refractivity contribution in [3.05, 3.63) is 65.2 Å². The number of likely N-dealkylation sites (tertiary alicyclic amines) is 1. The van der Waals surface area contributed by atoms with Gasteiger partial charge in [-0.15, -0.1) is 0 Å². The van der Waals surface area contributed by atoms with Crippen molar-refractivity contribution < 1.29 is 9.59 Å². The highest BCUT2D eigenvalue weighted by Gasteiger charge is 2.25. The van der Waals surface area contributed by atoms with Crippen LogP contribution in [0.4, 0.5) is 5.69 Å². The Bertz CT molecular complexity index is 888. The highest BCUT2D eigenvalue weighted by molar-refractivity contribution is 5.97. The SMILES string of the molecule is CCCC(C)CC(=O)Nc1cccc(C(=O)N2CCC(c3cccc(CN)c3)CC2)c1. The molecule has 5 nitrogen and oxygen atoms in total. The van der Waals surface area contributed by atoms with Gasteiger partial charge >= 0.3 is 0 Å². The van der Waals surface area contributed by atoms with E-state index < -0.39 is 0 Å². The summed E-state index contributed by atoms with van der Waals surface area (Å²) >= 11 is 0. The number of carbonyl (C=O) groups is 2. The molecule has 2 aromatic carbocycles. The first-order chi connectivity index (χ1) is 15.0. The predicted molar refractivity (Wildman–Crippen MR) is 126 cm³/mol. The molecule has 1 aliphatic heterocycles. The Labute approximate surface area is 186 Å². The normalized spacial score (nSPS) is 15.5. The minimum atomic E-state index is 0.00562. The smallest absolute Gasteiger partial charge is 0.253 e. The highest BCUT2D eigenvalue weighted by Crippen LogP contribution is 2.29. The summed E-state index contributed by atoms with van der Waals surface area (Å²) in [7, 11) is 0. The molecule has 1 atom stereocenters. The molecule has 0 bridgehead atoms. The molecule has 0 aliphatic carbocycles. The van der Waals surface area contributed by atoms with Crippen molar-refractivity contribution in [1.29, 1.82) is 0 Å². The molecule has 3 rings (SSSR count). The minimum Gasteiger partial charge on any atom is -0.339 e. The Morgan fingerprint density at radius 1 is 1.13 bits per heavy atom. The number of anilines is 1. The third kappa shape index (κ3) is 6.41. The summed E-state index contributed by atoms with van der Waals surface area (Å²) in [5, 5.41) is 2.95. The second-order valence-electron chi connectivity index (χ2n) is 8.74. The van der Waals surface area contributed by atoms with Crippen LogP contribution in [-0.2, 0) is 11.3 Å². The molecule has 1 unspecified atom stereocenters. The molecular weight excluding hydrogens is 386 g/mol. The maximum atomic E-state index is 13.0. The maximum Gasteiger partial charge on any atom is 0.253 e. The molecule has 3 N–H and O–H groups in total. The summed E-state index contributed by atoms with van der Waals surface area (Å²) in [6.07, 6.45) is 4.52. The van der Waals surface area contributed by atoms with E-state index in [0.29, 0.717) is 36.1 Å². The van der Waals surface area contributed by atoms with Gasteiger partial charge in [-0.1, -0.05) is 57.0 Å². The second kappa shape index (κ2) is 11.1. The van der Waals surface area contributed by atoms with Crippen molar-refractivity contribution in [3.63, 3.8) is 0 Å². The van der Waals surface area contributed by atoms with E-state index in [-0.39, 0.29) is 11.8 Å². The molecule has 0 aromatic heterocycles. The lowest BCUT2D eigenvalue weighted by atomic mass is 9.88. The zero-order chi connectivity index (χ0) is 22.2. The van der Waals surface area contributed by atoms with Crippen LogP contribution < -0.4 is 11.1 Å². The Hall–Kier alpha value is -2.66. The van der Waals surface area contributed by atoms with Crippen molar-refractivity contribution in [2.75, 3.05) is 18.4 Å². The zero-order valence-corrected chi connectivity index (χ0v) is 18.8. The summed E-state index contributed by atoms with van der Waals surface area (Å²) in [6.45, 7) is 6.25. The number of hydrogen-bond donors (Lipinski definition) is 2. The van der Waals surface area contributed by atoms with Crippen LogP contribution in [0.3, 0.4) is 0 Å². The fraction of sp³-hybridized carbons (Fsp3) is 0.462. The minimum absolute atomic E-state index is 0.00562. The molecule has 0 radical (unpaired) electrons. The molecule has 1 saturated heterocycles. The highest BCUT2D eigenvalue weighted by atomic mass is 16.2. The number of nitrogens with zero attached hydrogens (tertiary/aromatic N) is 1. The van der Waals surface area contributed by atoms with Crippen LogP contribution in [0.15, 0.2) is 48.5 Å². The fourth-order valence-electron chi connectivity index (χ4n) is 4.43. The van der Waals surface area contributed by atoms with Crippen LogP contribution >= 0.6 is 0 Å². The Kier molecular flexibility index (Phi) is 8.24. The standard InChI is InChI=1S/C26H35N3O2/c1-3-6-19(2)15-25(30)28-24-10-5-9-23(17-24)26(31)29-13-11-21(12-14-29)22-8-4-7-20(16-22)18-27/h4-5,7-10,16-17,19,21H,3,6,11-15,18,27H2,1-2H3,(H,28,30). The number of carbonyl (C=O) groups excluding carboxylic acids is 2. The average molecular weight is 422 g/mol. The van der Waals surface area contributed by atoms with Gasteiger partial charge in [0.2, 0.25) is 5.91 Å². The molecule has 5 heteroatoms. The summed E-state index contributed by atoms with van der Waals surface area (Å²) in [4.78, 5) is 27.2. The van der Waals surface area contributed by atoms with E-state index in [1.165, 1.54) is 5.56 Å². The van der Waals surface area contributed by atoms with Crippen molar-refractivity contribution in [3.8, 4) is 0 Å². The molecule has 1 heterocycles. The van der Waals surface area contributed by atoms with Gasteiger partial charge in [0.15, 0.2) is 0 Å². The first kappa shape index (κ1) is 23.0. The number of benzene rings is 2. The monoisotopic (exact) mass is 421 g/mol. The third-order valence-corrected chi connectivity index (χ3v) is 6.15. The van der Waals surface area contributed by atoms with Crippen LogP contribution in [0.2, 0.25) is 0 Å². The molecule has 1 fully saturated rings. The van der Waals surface area contributed by atoms with Crippen molar-refractivity contribution in [2.24, 2.45) is 11.7 Å². The van der Waals surface area contributed by atoms with E-state index in [0.717, 1.165) is 44.3 Å². The van der Waals surface area contributed by atoms with Crippen LogP contribution in [0.5, 0.6) is 0 Å². The number of hydrogen-bond acceptors (Lipinski definition) is 3. The lowest BCUT2D eigenvalue weighted by Crippen LogP contribution is -2.38. The van der Waals surface area contributed by atoms with Gasteiger partial charge < -0.3 is 16.0 Å². The lowest BCUT2D eigenvalue weighted by Gasteiger charge is -2.32. The lowest BCUT2D eigenvalue weighted by molar-refractivity contribution is -0.117. The Morgan fingerprint density at radius 2 is 1.87 bits per heavy atom. The quantitative estimate of drug-likeness (QED) is 0.634. The number of amides is 2. The van der Waals surface area contributed by atoms with E-state index in [4.69, 9.17) is 5.73 Å². The largest absolute Gasteiger partial charge is 0.339 e. The van der Waals surface area contributed by atoms with E-state index in [1.54, 1.807) is 6.07 Å². The van der Waals surface area contributed by atoms with E-state index >= 15 is 0 Å². The van der Waals surface area contributed by atoms with Gasteiger partial charge in [-0.3, -0.25) is 9.59 Å². The van der Waals surface area contributed by atoms with Gasteiger partial charge in [0.25, 0.3) is 5.91 Å². The van der Waals surface area contributed by atoms with Crippen molar-refractivity contribution in [2.45, 2.75) is 58.4 Å². The molecule has 31 heavy (non-hydrogen) atoms. The predicted octanol–water partition coefficient (Wildman–Crippen LogP) is 4.93. The van der Waals surface area contributed by atoms with Crippen LogP contribution in [0.1, 0.15) is 73.4 Å². The van der Waals surface area contributed by atoms with Crippen LogP contribution in [0, 0.1) is 5.92 Å². The Morgan fingerprint density at radius 3 is 2.58 bits per heavy atom. The fourth-order valence-corrected chi connectivity index (χ4v) is 4.43. The van der Waals surface area contributed by atoms with Crippen LogP contribution in [0.25, 0.3) is 0 Å². The zero-order valence-electron chi connectivity index (χ0n) is 18.8. The van der Waals surface area contributed by atoms with Gasteiger partial charge in [0.1, 0.15) is 0 Å². The summed E-state index contributed by atoms with van der Waals surface area (Å²) in [5.41, 5.74) is 9.56. The molecular formula is C26H35N3O2. The van der Waals surface area contributed by atoms with Crippen molar-refractivity contribution in [1.82, 2.24) is 4.90 Å². The van der Waals surface area contributed by atoms with Gasteiger partial charge in [-0.05, 0) is 54.0 Å². The second-order valence-corrected chi connectivity index (χ2v) is 8.74. The van der Waals surface area contributed by atoms with Gasteiger partial charge in [0.05, 0.1) is 0 Å². The first-order valence-electron chi connectivity index (χ1n) is 11.5. The molecule has 166 valence electrons. The molecule has 2 aromatic rings. The van der Waals surface area contributed by atoms with Gasteiger partial charge in [0, 0.05) is 37.3 Å². The Balaban J connectivity index is 1.57. The topological polar surface area (TPSA) is 75.4 Å². The number of nitrogens with two attached hydrogens (primary N) is 1. The first-order valence-corrected chi connectivity index (χ1v) is 11.5. The molecule has 0 spiro atoms. The van der Waals surface area contributed by atoms with Gasteiger partial charge in [-0.2, -0.15) is 0 Å². The van der Waals surface area contributed by atoms with Gasteiger partial charge in [-0.25, -0.2) is 0 Å². The number of nitrogens with one attached hydrogen (secondary N) is 1. The average Bonchev–Trinajstić information content (AvgIpc) is 2.79.